The van der Waals surface area contributed by atoms with Gasteiger partial charge in [-0.15, -0.1) is 13.2 Å². The molecular formula is C67H106BF3O10. The first-order valence-corrected chi connectivity index (χ1v) is 28.7. The summed E-state index contributed by atoms with van der Waals surface area (Å²) in [5, 5.41) is 0. The van der Waals surface area contributed by atoms with Gasteiger partial charge in [-0.25, -0.2) is 0 Å². The smallest absolute Gasteiger partial charge is 0.382 e. The second-order valence-electron chi connectivity index (χ2n) is 26.5. The molecule has 14 heteroatoms. The molecule has 3 aromatic carbocycles. The van der Waals surface area contributed by atoms with Gasteiger partial charge in [-0.3, -0.25) is 22.5 Å². The molecule has 10 nitrogen and oxygen atoms in total. The lowest BCUT2D eigenvalue weighted by Crippen LogP contribution is -2.33. The Kier molecular flexibility index (Phi) is 35.2. The molecule has 2 heterocycles. The Balaban J connectivity index is 0.00000113. The molecule has 2 aliphatic rings. The number of aldehydes is 3. The van der Waals surface area contributed by atoms with E-state index >= 15 is 0 Å². The lowest BCUT2D eigenvalue weighted by Gasteiger charge is -2.37. The number of fused-ring (bicyclic) bond motifs is 2. The van der Waals surface area contributed by atoms with Crippen molar-refractivity contribution in [2.45, 2.75) is 232 Å². The summed E-state index contributed by atoms with van der Waals surface area (Å²) in [4.78, 5) is 30.0. The van der Waals surface area contributed by atoms with E-state index in [1.807, 2.05) is 46.8 Å². The molecule has 0 amide bonds. The zero-order chi connectivity index (χ0) is 62.4. The van der Waals surface area contributed by atoms with Crippen LogP contribution in [-0.4, -0.2) is 63.4 Å². The normalized spacial score (nSPS) is 17.8. The second-order valence-corrected chi connectivity index (χ2v) is 26.5. The van der Waals surface area contributed by atoms with Crippen molar-refractivity contribution in [1.82, 2.24) is 0 Å². The van der Waals surface area contributed by atoms with E-state index in [2.05, 4.69) is 159 Å². The molecule has 0 spiro atoms. The van der Waals surface area contributed by atoms with E-state index in [-0.39, 0.29) is 58.5 Å². The van der Waals surface area contributed by atoms with E-state index in [1.54, 1.807) is 30.3 Å². The first-order valence-electron chi connectivity index (χ1n) is 28.7. The maximum absolute atomic E-state index is 10.2. The molecule has 3 aromatic rings. The number of benzene rings is 3. The molecule has 0 bridgehead atoms. The Hall–Kier alpha value is -4.28. The number of carbonyl (C=O) groups excluding carboxylic acids is 3. The third-order valence-corrected chi connectivity index (χ3v) is 12.3. The highest BCUT2D eigenvalue weighted by molar-refractivity contribution is 6.33. The number of unbranched alkanes of at least 4 members (excludes halogenated alkanes) is 1. The van der Waals surface area contributed by atoms with Crippen molar-refractivity contribution in [3.8, 4) is 0 Å². The summed E-state index contributed by atoms with van der Waals surface area (Å²) in [6.07, 6.45) is 10.6. The minimum absolute atomic E-state index is 0.00136. The van der Waals surface area contributed by atoms with Crippen LogP contribution in [0.3, 0.4) is 0 Å². The molecule has 0 radical (unpaired) electrons. The SMILES string of the molecule is C=CCCC(OC1OC(C(C)(C)C)c2ccccc21)OC(C)(C)C.C=CCCC=O.CC(C)(C)CC(CCC(OC1OC(C(C)(C)C)c2ccccc21)OC(C)(C)C)C(C)(C)C.CCOCC.FB(F)F.O=Cc1ccccc1C=O. The minimum atomic E-state index is -3.67. The fourth-order valence-corrected chi connectivity index (χ4v) is 8.68. The average molecular weight is 1140 g/mol. The Morgan fingerprint density at radius 2 is 0.889 bits per heavy atom. The zero-order valence-electron chi connectivity index (χ0n) is 53.4. The molecule has 0 N–H and O–H groups in total. The summed E-state index contributed by atoms with van der Waals surface area (Å²) < 4.78 is 72.0. The van der Waals surface area contributed by atoms with Crippen molar-refractivity contribution in [1.29, 1.82) is 0 Å². The largest absolute Gasteiger partial charge is 0.762 e. The molecule has 0 aliphatic carbocycles. The highest BCUT2D eigenvalue weighted by atomic mass is 19.4. The number of hydrogen-bond acceptors (Lipinski definition) is 10. The Labute approximate surface area is 489 Å². The summed E-state index contributed by atoms with van der Waals surface area (Å²) in [5.41, 5.74) is 5.58. The van der Waals surface area contributed by atoms with Gasteiger partial charge in [0.2, 0.25) is 0 Å². The van der Waals surface area contributed by atoms with Gasteiger partial charge in [-0.1, -0.05) is 168 Å². The number of carbonyl (C=O) groups is 3. The molecule has 2 aliphatic heterocycles. The van der Waals surface area contributed by atoms with Crippen molar-refractivity contribution < 1.29 is 60.5 Å². The van der Waals surface area contributed by atoms with Crippen molar-refractivity contribution in [2.75, 3.05) is 13.2 Å². The van der Waals surface area contributed by atoms with E-state index in [0.717, 1.165) is 62.7 Å². The average Bonchev–Trinajstić information content (AvgIpc) is 3.92. The Bertz CT molecular complexity index is 2190. The molecule has 5 rings (SSSR count). The highest BCUT2D eigenvalue weighted by Crippen LogP contribution is 2.50. The van der Waals surface area contributed by atoms with Gasteiger partial charge in [0.05, 0.1) is 23.4 Å². The van der Waals surface area contributed by atoms with Gasteiger partial charge in [-0.2, -0.15) is 0 Å². The maximum atomic E-state index is 10.2. The molecule has 81 heavy (non-hydrogen) atoms. The predicted molar refractivity (Wildman–Crippen MR) is 326 cm³/mol. The molecular weight excluding hydrogens is 1030 g/mol. The van der Waals surface area contributed by atoms with Crippen LogP contribution >= 0.6 is 0 Å². The van der Waals surface area contributed by atoms with Gasteiger partial charge in [0.1, 0.15) is 6.29 Å². The third-order valence-electron chi connectivity index (χ3n) is 12.3. The molecule has 7 atom stereocenters. The molecule has 0 fully saturated rings. The van der Waals surface area contributed by atoms with Gasteiger partial charge in [-0.05, 0) is 126 Å². The van der Waals surface area contributed by atoms with Gasteiger partial charge in [0.25, 0.3) is 0 Å². The van der Waals surface area contributed by atoms with Gasteiger partial charge in [0.15, 0.2) is 37.7 Å². The summed E-state index contributed by atoms with van der Waals surface area (Å²) in [7, 11) is -3.67. The van der Waals surface area contributed by atoms with Gasteiger partial charge >= 0.3 is 7.54 Å². The molecule has 0 aromatic heterocycles. The van der Waals surface area contributed by atoms with E-state index in [9.17, 15) is 27.3 Å². The van der Waals surface area contributed by atoms with Crippen LogP contribution in [0, 0.1) is 27.6 Å². The Morgan fingerprint density at radius 1 is 0.531 bits per heavy atom. The second kappa shape index (κ2) is 37.1. The van der Waals surface area contributed by atoms with Crippen LogP contribution in [-0.2, 0) is 38.0 Å². The first-order chi connectivity index (χ1) is 37.4. The quantitative estimate of drug-likeness (QED) is 0.0356. The summed E-state index contributed by atoms with van der Waals surface area (Å²) >= 11 is 0. The standard InChI is InChI=1S/C29H50O3.C21H32O3.C8H6O2.C5H8O.C4H10O.BF3/c1-26(2,3)19-20(27(4,5)6)17-18-23(32-29(10,11)12)30-25-22-16-14-13-15-21(22)24(31-25)28(7,8)9;1-8-9-14-17(24-21(5,6)7)22-19-16-13-11-10-12-15(16)18(23-19)20(2,3)4;9-5-7-3-1-2-4-8(7)6-10;1-2-3-4-5-6;1-3-5-4-2;2-1(3)4/h13-16,20,23-25H,17-19H2,1-12H3;8,10-13,17-19H,1,9,14H2,2-7H3;1-6H;2,5H,1,3-4H2;3-4H2,1-2H3;. The number of ether oxygens (including phenoxy) is 7. The van der Waals surface area contributed by atoms with Crippen LogP contribution in [0.5, 0.6) is 0 Å². The highest BCUT2D eigenvalue weighted by Gasteiger charge is 2.42. The minimum Gasteiger partial charge on any atom is -0.382 e. The van der Waals surface area contributed by atoms with Crippen LogP contribution in [0.4, 0.5) is 12.9 Å². The third kappa shape index (κ3) is 33.0. The summed E-state index contributed by atoms with van der Waals surface area (Å²) in [6, 6.07) is 23.4. The van der Waals surface area contributed by atoms with E-state index in [0.29, 0.717) is 41.5 Å². The number of allylic oxidation sites excluding steroid dienone is 2. The number of rotatable bonds is 20. The lowest BCUT2D eigenvalue weighted by atomic mass is 9.70. The summed E-state index contributed by atoms with van der Waals surface area (Å²) in [5.74, 6) is 0.594. The monoisotopic (exact) mass is 1140 g/mol. The number of hydrogen-bond donors (Lipinski definition) is 0. The van der Waals surface area contributed by atoms with Crippen molar-refractivity contribution in [2.24, 2.45) is 27.6 Å². The van der Waals surface area contributed by atoms with Crippen LogP contribution < -0.4 is 0 Å². The fraction of sp³-hybridized carbons (Fsp3) is 0.627. The van der Waals surface area contributed by atoms with Crippen molar-refractivity contribution in [3.05, 3.63) is 131 Å². The molecule has 458 valence electrons. The lowest BCUT2D eigenvalue weighted by molar-refractivity contribution is -0.286. The van der Waals surface area contributed by atoms with Crippen LogP contribution in [0.15, 0.2) is 98.1 Å². The van der Waals surface area contributed by atoms with E-state index in [4.69, 9.17) is 33.2 Å². The van der Waals surface area contributed by atoms with Crippen LogP contribution in [0.2, 0.25) is 0 Å². The fourth-order valence-electron chi connectivity index (χ4n) is 8.68. The molecule has 0 saturated carbocycles. The van der Waals surface area contributed by atoms with Crippen molar-refractivity contribution in [3.63, 3.8) is 0 Å². The molecule has 0 saturated heterocycles. The van der Waals surface area contributed by atoms with E-state index in [1.165, 1.54) is 17.5 Å². The predicted octanol–water partition coefficient (Wildman–Crippen LogP) is 19.2. The van der Waals surface area contributed by atoms with Crippen LogP contribution in [0.25, 0.3) is 0 Å². The van der Waals surface area contributed by atoms with Gasteiger partial charge < -0.3 is 38.0 Å². The topological polar surface area (TPSA) is 116 Å². The summed E-state index contributed by atoms with van der Waals surface area (Å²) in [6.45, 7) is 52.6. The number of halogens is 3. The van der Waals surface area contributed by atoms with E-state index < -0.39 is 13.8 Å². The maximum Gasteiger partial charge on any atom is 0.762 e. The molecule has 7 unspecified atom stereocenters. The van der Waals surface area contributed by atoms with Gasteiger partial charge in [0, 0.05) is 48.3 Å². The zero-order valence-corrected chi connectivity index (χ0v) is 53.4. The first kappa shape index (κ1) is 76.7. The van der Waals surface area contributed by atoms with Crippen molar-refractivity contribution >= 4 is 26.4 Å². The Morgan fingerprint density at radius 3 is 1.16 bits per heavy atom. The van der Waals surface area contributed by atoms with Crippen LogP contribution in [0.1, 0.15) is 251 Å².